The van der Waals surface area contributed by atoms with Crippen LogP contribution in [-0.2, 0) is 30.7 Å². The maximum absolute atomic E-state index is 13.2. The van der Waals surface area contributed by atoms with Gasteiger partial charge in [0.05, 0.1) is 25.2 Å². The molecule has 214 valence electrons. The van der Waals surface area contributed by atoms with E-state index in [1.165, 1.54) is 23.5 Å². The Kier molecular flexibility index (Phi) is 10.9. The monoisotopic (exact) mass is 560 g/mol. The highest BCUT2D eigenvalue weighted by Gasteiger charge is 2.34. The van der Waals surface area contributed by atoms with Crippen LogP contribution in [0.5, 0.6) is 5.75 Å². The van der Waals surface area contributed by atoms with Gasteiger partial charge in [-0.3, -0.25) is 4.79 Å². The number of amides is 1. The zero-order valence-corrected chi connectivity index (χ0v) is 23.9. The second kappa shape index (κ2) is 13.9. The number of sulfonamides is 1. The minimum atomic E-state index is -3.86. The van der Waals surface area contributed by atoms with E-state index in [0.717, 1.165) is 5.56 Å². The van der Waals surface area contributed by atoms with Gasteiger partial charge in [-0.1, -0.05) is 51.1 Å². The smallest absolute Gasteiger partial charge is 0.286 e. The second-order valence-electron chi connectivity index (χ2n) is 10.5. The number of nitrogens with one attached hydrogen (secondary N) is 1. The van der Waals surface area contributed by atoms with Crippen molar-refractivity contribution < 1.29 is 32.5 Å². The van der Waals surface area contributed by atoms with Crippen molar-refractivity contribution in [3.05, 3.63) is 72.0 Å². The number of benzene rings is 2. The van der Waals surface area contributed by atoms with Gasteiger partial charge in [-0.25, -0.2) is 8.42 Å². The molecule has 0 spiro atoms. The molecule has 3 rings (SSSR count). The summed E-state index contributed by atoms with van der Waals surface area (Å²) in [6.45, 7) is 6.36. The Morgan fingerprint density at radius 2 is 1.79 bits per heavy atom. The fourth-order valence-corrected chi connectivity index (χ4v) is 5.64. The first-order valence-corrected chi connectivity index (χ1v) is 14.6. The maximum Gasteiger partial charge on any atom is 0.286 e. The quantitative estimate of drug-likeness (QED) is 0.386. The third-order valence-corrected chi connectivity index (χ3v) is 8.54. The summed E-state index contributed by atoms with van der Waals surface area (Å²) in [4.78, 5) is 13.0. The van der Waals surface area contributed by atoms with Crippen molar-refractivity contribution in [3.8, 4) is 5.75 Å². The normalized spacial score (nSPS) is 17.8. The Morgan fingerprint density at radius 1 is 1.10 bits per heavy atom. The molecule has 1 heterocycles. The van der Waals surface area contributed by atoms with Crippen LogP contribution in [0.3, 0.4) is 0 Å². The molecular formula is C29H40N2O7S. The third kappa shape index (κ3) is 8.79. The van der Waals surface area contributed by atoms with Crippen molar-refractivity contribution in [3.63, 3.8) is 0 Å². The summed E-state index contributed by atoms with van der Waals surface area (Å²) in [6.07, 6.45) is 2.36. The molecule has 1 aliphatic rings. The van der Waals surface area contributed by atoms with Crippen LogP contribution in [0.2, 0.25) is 0 Å². The lowest BCUT2D eigenvalue weighted by atomic mass is 9.77. The summed E-state index contributed by atoms with van der Waals surface area (Å²) in [5, 5.41) is 12.4. The van der Waals surface area contributed by atoms with Gasteiger partial charge in [-0.15, -0.1) is 0 Å². The number of aliphatic hydroxyl groups excluding tert-OH is 1. The Labute approximate surface area is 231 Å². The molecule has 2 N–H and O–H groups in total. The molecule has 2 aromatic carbocycles. The number of hydrogen-bond donors (Lipinski definition) is 2. The van der Waals surface area contributed by atoms with Crippen LogP contribution in [0.25, 0.3) is 0 Å². The molecule has 2 aromatic rings. The average molecular weight is 561 g/mol. The van der Waals surface area contributed by atoms with Crippen LogP contribution in [-0.4, -0.2) is 70.0 Å². The van der Waals surface area contributed by atoms with Crippen molar-refractivity contribution in [2.24, 2.45) is 11.3 Å². The van der Waals surface area contributed by atoms with E-state index >= 15 is 0 Å². The second-order valence-corrected chi connectivity index (χ2v) is 12.4. The first-order valence-electron chi connectivity index (χ1n) is 13.1. The van der Waals surface area contributed by atoms with Crippen molar-refractivity contribution in [2.45, 2.75) is 44.8 Å². The van der Waals surface area contributed by atoms with Crippen molar-refractivity contribution in [1.82, 2.24) is 9.62 Å². The predicted octanol–water partition coefficient (Wildman–Crippen LogP) is 3.35. The van der Waals surface area contributed by atoms with Gasteiger partial charge in [0.2, 0.25) is 16.3 Å². The molecule has 0 aromatic heterocycles. The van der Waals surface area contributed by atoms with Gasteiger partial charge in [-0.05, 0) is 53.7 Å². The van der Waals surface area contributed by atoms with Crippen LogP contribution in [0, 0.1) is 11.3 Å². The van der Waals surface area contributed by atoms with Gasteiger partial charge in [-0.2, -0.15) is 4.31 Å². The molecule has 0 saturated carbocycles. The lowest BCUT2D eigenvalue weighted by molar-refractivity contribution is -0.153. The number of hydrogen-bond acceptors (Lipinski definition) is 7. The number of carbonyl (C=O) groups is 1. The number of nitrogens with zero attached hydrogens (tertiary/aromatic N) is 1. The summed E-state index contributed by atoms with van der Waals surface area (Å²) in [5.74, 6) is 0.458. The number of aliphatic hydroxyl groups is 1. The molecule has 0 saturated heterocycles. The molecule has 0 aliphatic carbocycles. The van der Waals surface area contributed by atoms with E-state index in [2.05, 4.69) is 26.1 Å². The molecule has 0 radical (unpaired) electrons. The minimum absolute atomic E-state index is 0.0112. The molecule has 0 unspecified atom stereocenters. The summed E-state index contributed by atoms with van der Waals surface area (Å²) in [7, 11) is -2.36. The number of carbonyl (C=O) groups excluding carboxylic acids is 1. The van der Waals surface area contributed by atoms with Crippen LogP contribution in [0.4, 0.5) is 0 Å². The van der Waals surface area contributed by atoms with Gasteiger partial charge in [0.15, 0.2) is 5.76 Å². The van der Waals surface area contributed by atoms with Crippen LogP contribution < -0.4 is 10.1 Å². The molecule has 10 heteroatoms. The maximum atomic E-state index is 13.2. The molecule has 1 amide bonds. The Morgan fingerprint density at radius 3 is 2.41 bits per heavy atom. The van der Waals surface area contributed by atoms with E-state index in [4.69, 9.17) is 14.2 Å². The first-order chi connectivity index (χ1) is 18.5. The highest BCUT2D eigenvalue weighted by atomic mass is 32.2. The van der Waals surface area contributed by atoms with Gasteiger partial charge >= 0.3 is 0 Å². The third-order valence-electron chi connectivity index (χ3n) is 6.63. The SMILES string of the molecule is COc1ccc(S(=O)(=O)N(CCO)CCO[C@H]2C[C@@H](C(C)(C)C)C=C(C(=O)NCCc3ccccc3)O2)cc1. The molecule has 2 atom stereocenters. The topological polar surface area (TPSA) is 114 Å². The fourth-order valence-electron chi connectivity index (χ4n) is 4.22. The van der Waals surface area contributed by atoms with Gasteiger partial charge in [0.25, 0.3) is 5.91 Å². The van der Waals surface area contributed by atoms with Crippen molar-refractivity contribution in [1.29, 1.82) is 0 Å². The number of rotatable bonds is 13. The summed E-state index contributed by atoms with van der Waals surface area (Å²) in [6, 6.07) is 16.0. The van der Waals surface area contributed by atoms with E-state index in [0.29, 0.717) is 25.1 Å². The Bertz CT molecular complexity index is 1190. The van der Waals surface area contributed by atoms with E-state index in [1.807, 2.05) is 36.4 Å². The molecule has 39 heavy (non-hydrogen) atoms. The zero-order chi connectivity index (χ0) is 28.5. The lowest BCUT2D eigenvalue weighted by Crippen LogP contribution is -2.39. The number of allylic oxidation sites excluding steroid dienone is 1. The fraction of sp³-hybridized carbons (Fsp3) is 0.483. The summed E-state index contributed by atoms with van der Waals surface area (Å²) < 4.78 is 44.5. The molecule has 0 bridgehead atoms. The molecule has 0 fully saturated rings. The summed E-state index contributed by atoms with van der Waals surface area (Å²) >= 11 is 0. The van der Waals surface area contributed by atoms with Crippen molar-refractivity contribution in [2.75, 3.05) is 40.0 Å². The van der Waals surface area contributed by atoms with Gasteiger partial charge in [0, 0.05) is 26.1 Å². The van der Waals surface area contributed by atoms with Gasteiger partial charge in [0.1, 0.15) is 5.75 Å². The standard InChI is InChI=1S/C29H40N2O7S/c1-29(2,3)23-20-26(28(33)30-15-14-22-8-6-5-7-9-22)38-27(21-23)37-19-17-31(16-18-32)39(34,35)25-12-10-24(36-4)11-13-25/h5-13,20,23,27,32H,14-19,21H2,1-4H3,(H,30,33)/t23-,27+/m0/s1. The highest BCUT2D eigenvalue weighted by molar-refractivity contribution is 7.89. The first kappa shape index (κ1) is 30.6. The summed E-state index contributed by atoms with van der Waals surface area (Å²) in [5.41, 5.74) is 0.990. The number of ether oxygens (including phenoxy) is 3. The van der Waals surface area contributed by atoms with E-state index in [9.17, 15) is 18.3 Å². The van der Waals surface area contributed by atoms with Gasteiger partial charge < -0.3 is 24.6 Å². The minimum Gasteiger partial charge on any atom is -0.497 e. The highest BCUT2D eigenvalue weighted by Crippen LogP contribution is 2.36. The predicted molar refractivity (Wildman–Crippen MR) is 148 cm³/mol. The lowest BCUT2D eigenvalue weighted by Gasteiger charge is -2.36. The molecular weight excluding hydrogens is 520 g/mol. The molecule has 9 nitrogen and oxygen atoms in total. The molecule has 1 aliphatic heterocycles. The Hall–Kier alpha value is -2.92. The number of methoxy groups -OCH3 is 1. The van der Waals surface area contributed by atoms with Crippen LogP contribution in [0.1, 0.15) is 32.8 Å². The average Bonchev–Trinajstić information content (AvgIpc) is 2.92. The van der Waals surface area contributed by atoms with Crippen LogP contribution in [0.15, 0.2) is 71.3 Å². The van der Waals surface area contributed by atoms with Crippen LogP contribution >= 0.6 is 0 Å². The zero-order valence-electron chi connectivity index (χ0n) is 23.1. The van der Waals surface area contributed by atoms with E-state index < -0.39 is 16.3 Å². The van der Waals surface area contributed by atoms with E-state index in [1.54, 1.807) is 12.1 Å². The van der Waals surface area contributed by atoms with Crippen molar-refractivity contribution >= 4 is 15.9 Å². The largest absolute Gasteiger partial charge is 0.497 e. The Balaban J connectivity index is 1.62. The van der Waals surface area contributed by atoms with E-state index in [-0.39, 0.29) is 54.2 Å².